The number of anilines is 1. The van der Waals surface area contributed by atoms with Gasteiger partial charge in [-0.3, -0.25) is 9.78 Å². The van der Waals surface area contributed by atoms with E-state index in [1.165, 1.54) is 0 Å². The summed E-state index contributed by atoms with van der Waals surface area (Å²) in [6.45, 7) is 6.59. The fourth-order valence-corrected chi connectivity index (χ4v) is 3.17. The van der Waals surface area contributed by atoms with Crippen molar-refractivity contribution < 1.29 is 14.3 Å². The number of piperidine rings is 1. The molecule has 1 aromatic heterocycles. The smallest absolute Gasteiger partial charge is 0.410 e. The lowest BCUT2D eigenvalue weighted by molar-refractivity contribution is -0.122. The third-order valence-corrected chi connectivity index (χ3v) is 4.29. The summed E-state index contributed by atoms with van der Waals surface area (Å²) >= 11 is 0. The number of nitrogens with zero attached hydrogens (tertiary/aromatic N) is 2. The Hall–Kier alpha value is -2.11. The van der Waals surface area contributed by atoms with Gasteiger partial charge < -0.3 is 15.0 Å². The molecular formula is C16H21N3O3. The number of nitrogens with one attached hydrogen (secondary N) is 1. The number of likely N-dealkylation sites (tertiary alicyclic amines) is 1. The highest BCUT2D eigenvalue weighted by Gasteiger charge is 2.49. The average Bonchev–Trinajstić information content (AvgIpc) is 2.71. The van der Waals surface area contributed by atoms with Gasteiger partial charge in [-0.1, -0.05) is 0 Å². The molecule has 0 unspecified atom stereocenters. The summed E-state index contributed by atoms with van der Waals surface area (Å²) in [6, 6.07) is 1.90. The van der Waals surface area contributed by atoms with Crippen LogP contribution in [0.2, 0.25) is 0 Å². The first-order valence-electron chi connectivity index (χ1n) is 7.56. The lowest BCUT2D eigenvalue weighted by Gasteiger charge is -2.38. The van der Waals surface area contributed by atoms with Crippen LogP contribution in [0.3, 0.4) is 0 Å². The number of pyridine rings is 1. The molecule has 0 bridgehead atoms. The Morgan fingerprint density at radius 1 is 1.36 bits per heavy atom. The van der Waals surface area contributed by atoms with Gasteiger partial charge in [-0.25, -0.2) is 4.79 Å². The zero-order valence-corrected chi connectivity index (χ0v) is 13.2. The molecule has 1 N–H and O–H groups in total. The number of rotatable bonds is 0. The first-order valence-corrected chi connectivity index (χ1v) is 7.56. The molecule has 1 spiro atoms. The monoisotopic (exact) mass is 303 g/mol. The number of amides is 2. The van der Waals surface area contributed by atoms with Gasteiger partial charge in [0.25, 0.3) is 0 Å². The van der Waals surface area contributed by atoms with Crippen LogP contribution in [0.1, 0.15) is 39.2 Å². The minimum atomic E-state index is -0.531. The van der Waals surface area contributed by atoms with E-state index >= 15 is 0 Å². The number of ether oxygens (including phenoxy) is 1. The first kappa shape index (κ1) is 14.8. The quantitative estimate of drug-likeness (QED) is 0.798. The van der Waals surface area contributed by atoms with E-state index in [0.29, 0.717) is 25.9 Å². The van der Waals surface area contributed by atoms with Crippen LogP contribution >= 0.6 is 0 Å². The molecule has 3 heterocycles. The summed E-state index contributed by atoms with van der Waals surface area (Å²) in [5.74, 6) is 0.0133. The number of carbonyl (C=O) groups excluding carboxylic acids is 2. The van der Waals surface area contributed by atoms with Crippen molar-refractivity contribution in [3.8, 4) is 0 Å². The molecule has 1 fully saturated rings. The van der Waals surface area contributed by atoms with Gasteiger partial charge in [0, 0.05) is 19.3 Å². The predicted octanol–water partition coefficient (Wildman–Crippen LogP) is 2.30. The average molecular weight is 303 g/mol. The molecule has 6 heteroatoms. The summed E-state index contributed by atoms with van der Waals surface area (Å²) < 4.78 is 5.40. The van der Waals surface area contributed by atoms with Crippen LogP contribution < -0.4 is 5.32 Å². The van der Waals surface area contributed by atoms with Crippen LogP contribution in [0, 0.1) is 0 Å². The van der Waals surface area contributed by atoms with Gasteiger partial charge in [-0.2, -0.15) is 0 Å². The topological polar surface area (TPSA) is 71.5 Å². The zero-order valence-electron chi connectivity index (χ0n) is 13.2. The molecule has 0 aromatic carbocycles. The predicted molar refractivity (Wildman–Crippen MR) is 81.6 cm³/mol. The number of carbonyl (C=O) groups is 2. The highest BCUT2D eigenvalue weighted by atomic mass is 16.6. The third-order valence-electron chi connectivity index (χ3n) is 4.29. The van der Waals surface area contributed by atoms with Crippen LogP contribution in [0.25, 0.3) is 0 Å². The Labute approximate surface area is 129 Å². The molecule has 1 saturated heterocycles. The van der Waals surface area contributed by atoms with Crippen molar-refractivity contribution in [3.63, 3.8) is 0 Å². The van der Waals surface area contributed by atoms with Crippen molar-refractivity contribution in [1.82, 2.24) is 9.88 Å². The van der Waals surface area contributed by atoms with Gasteiger partial charge in [0.05, 0.1) is 17.3 Å². The van der Waals surface area contributed by atoms with Gasteiger partial charge in [0.2, 0.25) is 5.91 Å². The molecule has 6 nitrogen and oxygen atoms in total. The Kier molecular flexibility index (Phi) is 3.34. The van der Waals surface area contributed by atoms with Crippen molar-refractivity contribution in [2.75, 3.05) is 18.4 Å². The van der Waals surface area contributed by atoms with E-state index in [1.54, 1.807) is 17.3 Å². The molecule has 0 aliphatic carbocycles. The molecule has 1 aromatic rings. The van der Waals surface area contributed by atoms with Crippen LogP contribution in [0.15, 0.2) is 18.5 Å². The van der Waals surface area contributed by atoms with Crippen LogP contribution in [0.5, 0.6) is 0 Å². The summed E-state index contributed by atoms with van der Waals surface area (Å²) in [7, 11) is 0. The highest BCUT2D eigenvalue weighted by Crippen LogP contribution is 2.44. The number of fused-ring (bicyclic) bond motifs is 2. The van der Waals surface area contributed by atoms with E-state index in [1.807, 2.05) is 26.8 Å². The zero-order chi connectivity index (χ0) is 16.0. The number of aromatic nitrogens is 1. The summed E-state index contributed by atoms with van der Waals surface area (Å²) in [4.78, 5) is 30.3. The van der Waals surface area contributed by atoms with Crippen molar-refractivity contribution in [2.24, 2.45) is 0 Å². The maximum atomic E-state index is 12.4. The van der Waals surface area contributed by atoms with Crippen LogP contribution in [0.4, 0.5) is 10.5 Å². The number of hydrogen-bond donors (Lipinski definition) is 1. The fraction of sp³-hybridized carbons (Fsp3) is 0.562. The largest absolute Gasteiger partial charge is 0.444 e. The molecule has 2 amide bonds. The molecule has 2 aliphatic rings. The van der Waals surface area contributed by atoms with Gasteiger partial charge in [0.15, 0.2) is 0 Å². The second-order valence-corrected chi connectivity index (χ2v) is 6.92. The summed E-state index contributed by atoms with van der Waals surface area (Å²) in [5.41, 5.74) is 0.751. The Morgan fingerprint density at radius 2 is 2.05 bits per heavy atom. The van der Waals surface area contributed by atoms with E-state index in [-0.39, 0.29) is 12.0 Å². The Morgan fingerprint density at radius 3 is 2.68 bits per heavy atom. The van der Waals surface area contributed by atoms with E-state index in [4.69, 9.17) is 4.74 Å². The lowest BCUT2D eigenvalue weighted by atomic mass is 9.74. The third kappa shape index (κ3) is 2.42. The van der Waals surface area contributed by atoms with Crippen molar-refractivity contribution in [2.45, 2.75) is 44.6 Å². The van der Waals surface area contributed by atoms with Gasteiger partial charge in [-0.05, 0) is 45.2 Å². The van der Waals surface area contributed by atoms with E-state index in [0.717, 1.165) is 11.3 Å². The van der Waals surface area contributed by atoms with Gasteiger partial charge in [-0.15, -0.1) is 0 Å². The van der Waals surface area contributed by atoms with Crippen LogP contribution in [-0.4, -0.2) is 40.6 Å². The van der Waals surface area contributed by atoms with Crippen LogP contribution in [-0.2, 0) is 14.9 Å². The minimum Gasteiger partial charge on any atom is -0.444 e. The summed E-state index contributed by atoms with van der Waals surface area (Å²) in [6.07, 6.45) is 4.30. The Bertz CT molecular complexity index is 613. The maximum absolute atomic E-state index is 12.4. The molecule has 0 atom stereocenters. The lowest BCUT2D eigenvalue weighted by Crippen LogP contribution is -2.49. The van der Waals surface area contributed by atoms with E-state index in [2.05, 4.69) is 10.3 Å². The first-order chi connectivity index (χ1) is 10.3. The molecule has 0 saturated carbocycles. The fourth-order valence-electron chi connectivity index (χ4n) is 3.17. The molecular weight excluding hydrogens is 282 g/mol. The van der Waals surface area contributed by atoms with Gasteiger partial charge >= 0.3 is 6.09 Å². The number of hydrogen-bond acceptors (Lipinski definition) is 4. The molecule has 3 rings (SSSR count). The second-order valence-electron chi connectivity index (χ2n) is 6.92. The van der Waals surface area contributed by atoms with Crippen molar-refractivity contribution in [1.29, 1.82) is 0 Å². The van der Waals surface area contributed by atoms with Crippen molar-refractivity contribution >= 4 is 17.7 Å². The van der Waals surface area contributed by atoms with E-state index < -0.39 is 11.0 Å². The molecule has 0 radical (unpaired) electrons. The Balaban J connectivity index is 1.74. The SMILES string of the molecule is CC(C)(C)OC(=O)N1CCC2(CC1)C(=O)Nc1cnccc12. The van der Waals surface area contributed by atoms with Gasteiger partial charge in [0.1, 0.15) is 5.60 Å². The van der Waals surface area contributed by atoms with E-state index in [9.17, 15) is 9.59 Å². The van der Waals surface area contributed by atoms with Crippen molar-refractivity contribution in [3.05, 3.63) is 24.0 Å². The second kappa shape index (κ2) is 4.97. The molecule has 2 aliphatic heterocycles. The minimum absolute atomic E-state index is 0.0133. The standard InChI is InChI=1S/C16H21N3O3/c1-15(2,3)22-14(21)19-8-5-16(6-9-19)11-4-7-17-10-12(11)18-13(16)20/h4,7,10H,5-6,8-9H2,1-3H3,(H,18,20). The maximum Gasteiger partial charge on any atom is 0.410 e. The summed E-state index contributed by atoms with van der Waals surface area (Å²) in [5, 5.41) is 2.90. The molecule has 22 heavy (non-hydrogen) atoms. The normalized spacial score (nSPS) is 19.8. The molecule has 118 valence electrons. The highest BCUT2D eigenvalue weighted by molar-refractivity contribution is 6.06.